The van der Waals surface area contributed by atoms with Gasteiger partial charge in [0.25, 0.3) is 11.5 Å². The topological polar surface area (TPSA) is 99.5 Å². The molecular formula is C30H29N3O5S. The molecule has 0 saturated carbocycles. The summed E-state index contributed by atoms with van der Waals surface area (Å²) in [6.45, 7) is 1.47. The van der Waals surface area contributed by atoms with Crippen LogP contribution in [0.25, 0.3) is 10.9 Å². The van der Waals surface area contributed by atoms with E-state index in [-0.39, 0.29) is 29.1 Å². The lowest BCUT2D eigenvalue weighted by Gasteiger charge is -2.14. The van der Waals surface area contributed by atoms with Crippen LogP contribution in [-0.4, -0.2) is 53.4 Å². The van der Waals surface area contributed by atoms with E-state index in [1.54, 1.807) is 54.1 Å². The molecule has 1 aromatic heterocycles. The van der Waals surface area contributed by atoms with Crippen LogP contribution in [0, 0.1) is 0 Å². The molecule has 5 rings (SSSR count). The van der Waals surface area contributed by atoms with E-state index in [1.165, 1.54) is 11.8 Å². The molecule has 1 amide bonds. The van der Waals surface area contributed by atoms with Crippen molar-refractivity contribution in [1.29, 1.82) is 0 Å². The number of benzene rings is 3. The lowest BCUT2D eigenvalue weighted by molar-refractivity contribution is 0.0857. The molecular weight excluding hydrogens is 514 g/mol. The van der Waals surface area contributed by atoms with E-state index in [0.717, 1.165) is 25.0 Å². The highest BCUT2D eigenvalue weighted by Crippen LogP contribution is 2.22. The van der Waals surface area contributed by atoms with Gasteiger partial charge < -0.3 is 14.8 Å². The number of thioether (sulfide) groups is 1. The molecule has 3 aromatic carbocycles. The SMILES string of the molecule is COc1ccc(C(=O)CSc2nc3cc(C(=O)NCC4CCCO4)ccc3c(=O)n2Cc2ccccc2)cc1. The van der Waals surface area contributed by atoms with Gasteiger partial charge in [0, 0.05) is 24.3 Å². The third kappa shape index (κ3) is 6.38. The average molecular weight is 544 g/mol. The van der Waals surface area contributed by atoms with Gasteiger partial charge >= 0.3 is 0 Å². The molecule has 1 aliphatic rings. The third-order valence-electron chi connectivity index (χ3n) is 6.62. The standard InChI is InChI=1S/C30H29N3O5S/c1-37-23-12-9-21(10-13-23)27(34)19-39-30-32-26-16-22(28(35)31-17-24-8-5-15-38-24)11-14-25(26)29(36)33(30)18-20-6-3-2-4-7-20/h2-4,6-7,9-14,16,24H,5,8,15,17-19H2,1H3,(H,31,35). The Bertz CT molecular complexity index is 1530. The minimum atomic E-state index is -0.244. The molecule has 0 spiro atoms. The number of nitrogens with zero attached hydrogens (tertiary/aromatic N) is 2. The van der Waals surface area contributed by atoms with Crippen molar-refractivity contribution in [2.45, 2.75) is 30.6 Å². The minimum Gasteiger partial charge on any atom is -0.497 e. The van der Waals surface area contributed by atoms with Crippen molar-refractivity contribution in [2.75, 3.05) is 26.0 Å². The van der Waals surface area contributed by atoms with Gasteiger partial charge in [-0.05, 0) is 60.9 Å². The molecule has 1 saturated heterocycles. The first-order valence-corrected chi connectivity index (χ1v) is 13.8. The van der Waals surface area contributed by atoms with E-state index in [2.05, 4.69) is 5.32 Å². The lowest BCUT2D eigenvalue weighted by atomic mass is 10.1. The summed E-state index contributed by atoms with van der Waals surface area (Å²) in [5.74, 6) is 0.431. The molecule has 1 aliphatic heterocycles. The molecule has 0 bridgehead atoms. The Morgan fingerprint density at radius 3 is 2.56 bits per heavy atom. The van der Waals surface area contributed by atoms with Gasteiger partial charge in [-0.1, -0.05) is 42.1 Å². The van der Waals surface area contributed by atoms with Crippen LogP contribution in [0.3, 0.4) is 0 Å². The smallest absolute Gasteiger partial charge is 0.262 e. The number of ketones is 1. The lowest BCUT2D eigenvalue weighted by Crippen LogP contribution is -2.31. The van der Waals surface area contributed by atoms with E-state index < -0.39 is 0 Å². The van der Waals surface area contributed by atoms with Crippen molar-refractivity contribution < 1.29 is 19.1 Å². The minimum absolute atomic E-state index is 0.0314. The van der Waals surface area contributed by atoms with Crippen molar-refractivity contribution in [1.82, 2.24) is 14.9 Å². The van der Waals surface area contributed by atoms with Crippen LogP contribution in [0.1, 0.15) is 39.1 Å². The number of aromatic nitrogens is 2. The number of carbonyl (C=O) groups is 2. The summed E-state index contributed by atoms with van der Waals surface area (Å²) in [5, 5.41) is 3.73. The highest BCUT2D eigenvalue weighted by Gasteiger charge is 2.19. The summed E-state index contributed by atoms with van der Waals surface area (Å²) >= 11 is 1.20. The van der Waals surface area contributed by atoms with Crippen LogP contribution in [0.5, 0.6) is 5.75 Å². The molecule has 2 heterocycles. The first-order chi connectivity index (χ1) is 19.0. The predicted molar refractivity (Wildman–Crippen MR) is 151 cm³/mol. The monoisotopic (exact) mass is 543 g/mol. The Hall–Kier alpha value is -3.95. The summed E-state index contributed by atoms with van der Waals surface area (Å²) in [6.07, 6.45) is 1.96. The largest absolute Gasteiger partial charge is 0.497 e. The number of Topliss-reactive ketones (excluding diaryl/α,β-unsaturated/α-hetero) is 1. The van der Waals surface area contributed by atoms with Crippen LogP contribution in [0.4, 0.5) is 0 Å². The number of rotatable bonds is 10. The predicted octanol–water partition coefficient (Wildman–Crippen LogP) is 4.34. The molecule has 1 fully saturated rings. The Kier molecular flexibility index (Phi) is 8.39. The molecule has 39 heavy (non-hydrogen) atoms. The van der Waals surface area contributed by atoms with Gasteiger partial charge in [0.15, 0.2) is 10.9 Å². The van der Waals surface area contributed by atoms with Crippen LogP contribution in [-0.2, 0) is 11.3 Å². The van der Waals surface area contributed by atoms with E-state index in [9.17, 15) is 14.4 Å². The summed E-state index contributed by atoms with van der Waals surface area (Å²) in [6, 6.07) is 21.4. The van der Waals surface area contributed by atoms with Crippen molar-refractivity contribution in [3.05, 3.63) is 99.8 Å². The maximum absolute atomic E-state index is 13.6. The molecule has 4 aromatic rings. The summed E-state index contributed by atoms with van der Waals surface area (Å²) in [4.78, 5) is 44.1. The van der Waals surface area contributed by atoms with Gasteiger partial charge in [-0.2, -0.15) is 0 Å². The van der Waals surface area contributed by atoms with Crippen LogP contribution in [0.2, 0.25) is 0 Å². The third-order valence-corrected chi connectivity index (χ3v) is 7.60. The molecule has 0 aliphatic carbocycles. The number of hydrogen-bond donors (Lipinski definition) is 1. The molecule has 1 atom stereocenters. The second-order valence-corrected chi connectivity index (χ2v) is 10.2. The summed E-state index contributed by atoms with van der Waals surface area (Å²) < 4.78 is 12.3. The second-order valence-electron chi connectivity index (χ2n) is 9.29. The number of hydrogen-bond acceptors (Lipinski definition) is 7. The highest BCUT2D eigenvalue weighted by molar-refractivity contribution is 7.99. The zero-order valence-electron chi connectivity index (χ0n) is 21.6. The highest BCUT2D eigenvalue weighted by atomic mass is 32.2. The fraction of sp³-hybridized carbons (Fsp3) is 0.267. The molecule has 8 nitrogen and oxygen atoms in total. The Morgan fingerprint density at radius 1 is 1.08 bits per heavy atom. The molecule has 9 heteroatoms. The van der Waals surface area contributed by atoms with E-state index in [4.69, 9.17) is 14.5 Å². The van der Waals surface area contributed by atoms with Gasteiger partial charge in [-0.25, -0.2) is 4.98 Å². The number of fused-ring (bicyclic) bond motifs is 1. The van der Waals surface area contributed by atoms with Gasteiger partial charge in [-0.3, -0.25) is 19.0 Å². The van der Waals surface area contributed by atoms with E-state index in [0.29, 0.717) is 46.0 Å². The zero-order chi connectivity index (χ0) is 27.2. The van der Waals surface area contributed by atoms with Crippen LogP contribution in [0.15, 0.2) is 82.7 Å². The Balaban J connectivity index is 1.43. The Labute approximate surface area is 230 Å². The molecule has 1 N–H and O–H groups in total. The Morgan fingerprint density at radius 2 is 1.85 bits per heavy atom. The first-order valence-electron chi connectivity index (χ1n) is 12.8. The second kappa shape index (κ2) is 12.3. The van der Waals surface area contributed by atoms with Gasteiger partial charge in [0.05, 0.1) is 36.4 Å². The first kappa shape index (κ1) is 26.6. The number of ether oxygens (including phenoxy) is 2. The van der Waals surface area contributed by atoms with Crippen molar-refractivity contribution in [3.8, 4) is 5.75 Å². The summed E-state index contributed by atoms with van der Waals surface area (Å²) in [5.41, 5.74) is 2.09. The number of methoxy groups -OCH3 is 1. The van der Waals surface area contributed by atoms with Crippen LogP contribution >= 0.6 is 11.8 Å². The van der Waals surface area contributed by atoms with Gasteiger partial charge in [-0.15, -0.1) is 0 Å². The summed E-state index contributed by atoms with van der Waals surface area (Å²) in [7, 11) is 1.57. The molecule has 1 unspecified atom stereocenters. The van der Waals surface area contributed by atoms with Crippen molar-refractivity contribution in [2.24, 2.45) is 0 Å². The molecule has 200 valence electrons. The van der Waals surface area contributed by atoms with Crippen LogP contribution < -0.4 is 15.6 Å². The van der Waals surface area contributed by atoms with Gasteiger partial charge in [0.1, 0.15) is 5.75 Å². The average Bonchev–Trinajstić information content (AvgIpc) is 3.50. The van der Waals surface area contributed by atoms with E-state index in [1.807, 2.05) is 30.3 Å². The normalized spacial score (nSPS) is 14.8. The van der Waals surface area contributed by atoms with Crippen molar-refractivity contribution >= 4 is 34.4 Å². The fourth-order valence-corrected chi connectivity index (χ4v) is 5.35. The fourth-order valence-electron chi connectivity index (χ4n) is 4.46. The maximum atomic E-state index is 13.6. The number of nitrogens with one attached hydrogen (secondary N) is 1. The zero-order valence-corrected chi connectivity index (χ0v) is 22.4. The number of amides is 1. The maximum Gasteiger partial charge on any atom is 0.262 e. The van der Waals surface area contributed by atoms with Crippen molar-refractivity contribution in [3.63, 3.8) is 0 Å². The van der Waals surface area contributed by atoms with Gasteiger partial charge in [0.2, 0.25) is 0 Å². The van der Waals surface area contributed by atoms with E-state index >= 15 is 0 Å². The quantitative estimate of drug-likeness (QED) is 0.181. The number of carbonyl (C=O) groups excluding carboxylic acids is 2. The molecule has 0 radical (unpaired) electrons.